The lowest BCUT2D eigenvalue weighted by Crippen LogP contribution is -2.49. The first kappa shape index (κ1) is 22.2. The summed E-state index contributed by atoms with van der Waals surface area (Å²) >= 11 is 0. The first-order valence-corrected chi connectivity index (χ1v) is 10.6. The van der Waals surface area contributed by atoms with Crippen LogP contribution in [-0.4, -0.2) is 42.5 Å². The molecule has 2 aromatic rings. The van der Waals surface area contributed by atoms with Crippen molar-refractivity contribution in [1.29, 1.82) is 0 Å². The average molecular weight is 406 g/mol. The van der Waals surface area contributed by atoms with E-state index in [-0.39, 0.29) is 10.8 Å². The smallest absolute Gasteiger partial charge is 0.265 e. The van der Waals surface area contributed by atoms with Crippen molar-refractivity contribution in [3.8, 4) is 11.1 Å². The molecule has 0 aliphatic heterocycles. The minimum absolute atomic E-state index is 0.0178. The predicted molar refractivity (Wildman–Crippen MR) is 108 cm³/mol. The molecule has 2 rings (SSSR count). The highest BCUT2D eigenvalue weighted by atomic mass is 32.2. The Labute approximate surface area is 166 Å². The molecule has 6 nitrogen and oxygen atoms in total. The molecule has 0 fully saturated rings. The van der Waals surface area contributed by atoms with Crippen LogP contribution in [0.2, 0.25) is 0 Å². The van der Waals surface area contributed by atoms with E-state index >= 15 is 0 Å². The van der Waals surface area contributed by atoms with Gasteiger partial charge in [-0.2, -0.15) is 0 Å². The van der Waals surface area contributed by atoms with Gasteiger partial charge in [-0.3, -0.25) is 9.63 Å². The van der Waals surface area contributed by atoms with Crippen molar-refractivity contribution in [1.82, 2.24) is 4.47 Å². The fraction of sp³-hybridized carbons (Fsp3) is 0.381. The fourth-order valence-corrected chi connectivity index (χ4v) is 4.49. The van der Waals surface area contributed by atoms with Crippen molar-refractivity contribution < 1.29 is 23.2 Å². The zero-order valence-corrected chi connectivity index (χ0v) is 17.4. The SMILES string of the molecule is CC(C)ON([C@@H](C(=O)CO)C(C)C)S(=O)(=O)c1ccc(-c2ccccc2)cc1. The summed E-state index contributed by atoms with van der Waals surface area (Å²) < 4.78 is 27.2. The molecule has 0 heterocycles. The van der Waals surface area contributed by atoms with Crippen LogP contribution in [0.1, 0.15) is 27.7 Å². The van der Waals surface area contributed by atoms with E-state index in [4.69, 9.17) is 4.84 Å². The topological polar surface area (TPSA) is 83.9 Å². The molecular weight excluding hydrogens is 378 g/mol. The highest BCUT2D eigenvalue weighted by Gasteiger charge is 2.39. The van der Waals surface area contributed by atoms with E-state index in [1.807, 2.05) is 30.3 Å². The number of hydroxylamine groups is 1. The number of carbonyl (C=O) groups is 1. The van der Waals surface area contributed by atoms with E-state index in [1.54, 1.807) is 39.8 Å². The van der Waals surface area contributed by atoms with E-state index in [0.29, 0.717) is 0 Å². The summed E-state index contributed by atoms with van der Waals surface area (Å²) in [7, 11) is -4.12. The molecule has 0 aromatic heterocycles. The summed E-state index contributed by atoms with van der Waals surface area (Å²) in [5.41, 5.74) is 1.85. The molecule has 2 aromatic carbocycles. The van der Waals surface area contributed by atoms with Crippen LogP contribution >= 0.6 is 0 Å². The van der Waals surface area contributed by atoms with Gasteiger partial charge in [-0.1, -0.05) is 60.8 Å². The Balaban J connectivity index is 2.45. The third-order valence-corrected chi connectivity index (χ3v) is 5.81. The third-order valence-electron chi connectivity index (χ3n) is 4.16. The van der Waals surface area contributed by atoms with Gasteiger partial charge in [0.1, 0.15) is 12.6 Å². The molecular formula is C21H27NO5S. The van der Waals surface area contributed by atoms with E-state index in [9.17, 15) is 18.3 Å². The molecule has 28 heavy (non-hydrogen) atoms. The van der Waals surface area contributed by atoms with Crippen LogP contribution in [0.15, 0.2) is 59.5 Å². The van der Waals surface area contributed by atoms with Crippen molar-refractivity contribution in [3.05, 3.63) is 54.6 Å². The summed E-state index contributed by atoms with van der Waals surface area (Å²) in [5, 5.41) is 9.31. The summed E-state index contributed by atoms with van der Waals surface area (Å²) in [6.45, 7) is 6.03. The quantitative estimate of drug-likeness (QED) is 0.648. The Hall–Kier alpha value is -2.06. The van der Waals surface area contributed by atoms with Crippen LogP contribution in [-0.2, 0) is 19.7 Å². The van der Waals surface area contributed by atoms with Crippen molar-refractivity contribution in [2.75, 3.05) is 6.61 Å². The molecule has 0 saturated heterocycles. The summed E-state index contributed by atoms with van der Waals surface area (Å²) in [4.78, 5) is 17.8. The first-order valence-electron chi connectivity index (χ1n) is 9.18. The standard InChI is InChI=1S/C21H27NO5S/c1-15(2)21(20(24)14-23)22(27-16(3)4)28(25,26)19-12-10-18(11-13-19)17-8-6-5-7-9-17/h5-13,15-16,21,23H,14H2,1-4H3/t21-/m1/s1. The highest BCUT2D eigenvalue weighted by molar-refractivity contribution is 7.89. The molecule has 0 bridgehead atoms. The van der Waals surface area contributed by atoms with Gasteiger partial charge >= 0.3 is 0 Å². The van der Waals surface area contributed by atoms with Crippen LogP contribution in [0.5, 0.6) is 0 Å². The molecule has 0 aliphatic carbocycles. The van der Waals surface area contributed by atoms with Gasteiger partial charge in [-0.15, -0.1) is 0 Å². The Morgan fingerprint density at radius 3 is 1.96 bits per heavy atom. The zero-order chi connectivity index (χ0) is 20.9. The summed E-state index contributed by atoms with van der Waals surface area (Å²) in [5.74, 6) is -0.989. The van der Waals surface area contributed by atoms with E-state index in [1.165, 1.54) is 12.1 Å². The molecule has 0 aliphatic rings. The number of nitrogens with zero attached hydrogens (tertiary/aromatic N) is 1. The monoisotopic (exact) mass is 405 g/mol. The van der Waals surface area contributed by atoms with Gasteiger partial charge < -0.3 is 5.11 Å². The fourth-order valence-electron chi connectivity index (χ4n) is 2.86. The van der Waals surface area contributed by atoms with Crippen molar-refractivity contribution >= 4 is 15.8 Å². The lowest BCUT2D eigenvalue weighted by atomic mass is 10.0. The number of sulfonamides is 1. The highest BCUT2D eigenvalue weighted by Crippen LogP contribution is 2.27. The number of hydrogen-bond acceptors (Lipinski definition) is 5. The Morgan fingerprint density at radius 2 is 1.50 bits per heavy atom. The second-order valence-corrected chi connectivity index (χ2v) is 8.90. The number of rotatable bonds is 9. The van der Waals surface area contributed by atoms with Gasteiger partial charge in [0.2, 0.25) is 0 Å². The van der Waals surface area contributed by atoms with Crippen molar-refractivity contribution in [2.45, 2.75) is 44.7 Å². The molecule has 1 atom stereocenters. The number of ketones is 1. The molecule has 0 radical (unpaired) electrons. The maximum absolute atomic E-state index is 13.2. The Morgan fingerprint density at radius 1 is 0.964 bits per heavy atom. The summed E-state index contributed by atoms with van der Waals surface area (Å²) in [6.07, 6.45) is -0.467. The minimum Gasteiger partial charge on any atom is -0.389 e. The van der Waals surface area contributed by atoms with Gasteiger partial charge in [-0.05, 0) is 43.0 Å². The molecule has 0 unspecified atom stereocenters. The van der Waals surface area contributed by atoms with E-state index < -0.39 is 34.6 Å². The molecule has 7 heteroatoms. The first-order chi connectivity index (χ1) is 13.2. The minimum atomic E-state index is -4.12. The number of aliphatic hydroxyl groups excluding tert-OH is 1. The zero-order valence-electron chi connectivity index (χ0n) is 16.6. The van der Waals surface area contributed by atoms with Gasteiger partial charge in [0.05, 0.1) is 11.0 Å². The van der Waals surface area contributed by atoms with Crippen LogP contribution in [0.4, 0.5) is 0 Å². The molecule has 0 saturated carbocycles. The van der Waals surface area contributed by atoms with Gasteiger partial charge in [0, 0.05) is 0 Å². The van der Waals surface area contributed by atoms with Crippen molar-refractivity contribution in [2.24, 2.45) is 5.92 Å². The average Bonchev–Trinajstić information content (AvgIpc) is 2.67. The second-order valence-electron chi connectivity index (χ2n) is 7.12. The third kappa shape index (κ3) is 5.05. The Kier molecular flexibility index (Phi) is 7.48. The summed E-state index contributed by atoms with van der Waals surface area (Å²) in [6, 6.07) is 14.9. The maximum atomic E-state index is 13.2. The largest absolute Gasteiger partial charge is 0.389 e. The second kappa shape index (κ2) is 9.43. The molecule has 152 valence electrons. The number of Topliss-reactive ketones (excluding diaryl/α,β-unsaturated/α-hetero) is 1. The number of carbonyl (C=O) groups excluding carboxylic acids is 1. The van der Waals surface area contributed by atoms with Gasteiger partial charge in [0.15, 0.2) is 5.78 Å². The maximum Gasteiger partial charge on any atom is 0.265 e. The lowest BCUT2D eigenvalue weighted by molar-refractivity contribution is -0.166. The predicted octanol–water partition coefficient (Wildman–Crippen LogP) is 3.27. The van der Waals surface area contributed by atoms with Gasteiger partial charge in [-0.25, -0.2) is 8.42 Å². The molecule has 1 N–H and O–H groups in total. The van der Waals surface area contributed by atoms with Gasteiger partial charge in [0.25, 0.3) is 10.0 Å². The molecule has 0 amide bonds. The van der Waals surface area contributed by atoms with E-state index in [0.717, 1.165) is 15.6 Å². The number of benzene rings is 2. The normalized spacial score (nSPS) is 13.3. The van der Waals surface area contributed by atoms with Crippen molar-refractivity contribution in [3.63, 3.8) is 0 Å². The molecule has 0 spiro atoms. The van der Waals surface area contributed by atoms with Crippen LogP contribution in [0, 0.1) is 5.92 Å². The van der Waals surface area contributed by atoms with Crippen LogP contribution < -0.4 is 0 Å². The van der Waals surface area contributed by atoms with Crippen LogP contribution in [0.25, 0.3) is 11.1 Å². The van der Waals surface area contributed by atoms with Crippen LogP contribution in [0.3, 0.4) is 0 Å². The lowest BCUT2D eigenvalue weighted by Gasteiger charge is -2.32. The number of hydrogen-bond donors (Lipinski definition) is 1. The number of aliphatic hydroxyl groups is 1. The van der Waals surface area contributed by atoms with E-state index in [2.05, 4.69) is 0 Å². The Bertz CT molecular complexity index is 877.